The molecule has 3 N–H and O–H groups in total. The number of halogens is 1. The van der Waals surface area contributed by atoms with Crippen LogP contribution in [0.15, 0.2) is 47.6 Å². The third-order valence-corrected chi connectivity index (χ3v) is 3.21. The van der Waals surface area contributed by atoms with Crippen LogP contribution in [0.1, 0.15) is 16.7 Å². The number of hydrogen-bond acceptors (Lipinski definition) is 3. The Morgan fingerprint density at radius 1 is 1.25 bits per heavy atom. The Morgan fingerprint density at radius 3 is 2.55 bits per heavy atom. The Hall–Kier alpha value is -2.20. The Morgan fingerprint density at radius 2 is 1.95 bits per heavy atom. The zero-order valence-electron chi connectivity index (χ0n) is 11.0. The zero-order valence-corrected chi connectivity index (χ0v) is 11.8. The number of nitrogens with two attached hydrogens (primary N) is 1. The predicted octanol–water partition coefficient (Wildman–Crippen LogP) is 3.32. The van der Waals surface area contributed by atoms with Crippen molar-refractivity contribution in [2.45, 2.75) is 13.5 Å². The summed E-state index contributed by atoms with van der Waals surface area (Å²) in [5.41, 5.74) is 8.28. The number of aryl methyl sites for hydroxylation is 1. The Kier molecular flexibility index (Phi) is 4.48. The first-order valence-corrected chi connectivity index (χ1v) is 6.43. The number of oxime groups is 1. The normalized spacial score (nSPS) is 11.4. The highest BCUT2D eigenvalue weighted by molar-refractivity contribution is 6.30. The molecule has 0 amide bonds. The van der Waals surface area contributed by atoms with Crippen LogP contribution in [0.2, 0.25) is 5.02 Å². The van der Waals surface area contributed by atoms with E-state index in [1.54, 1.807) is 18.2 Å². The van der Waals surface area contributed by atoms with Gasteiger partial charge in [0.05, 0.1) is 0 Å². The summed E-state index contributed by atoms with van der Waals surface area (Å²) in [6.07, 6.45) is 0. The second kappa shape index (κ2) is 6.30. The van der Waals surface area contributed by atoms with Crippen LogP contribution in [0.3, 0.4) is 0 Å². The van der Waals surface area contributed by atoms with Gasteiger partial charge in [-0.3, -0.25) is 0 Å². The molecule has 5 heteroatoms. The maximum atomic E-state index is 8.65. The minimum Gasteiger partial charge on any atom is -0.489 e. The van der Waals surface area contributed by atoms with Crippen LogP contribution in [0.25, 0.3) is 0 Å². The van der Waals surface area contributed by atoms with Crippen LogP contribution in [-0.2, 0) is 6.61 Å². The van der Waals surface area contributed by atoms with Crippen molar-refractivity contribution in [3.05, 3.63) is 64.2 Å². The first-order valence-electron chi connectivity index (χ1n) is 6.06. The van der Waals surface area contributed by atoms with Crippen molar-refractivity contribution in [2.24, 2.45) is 10.9 Å². The molecule has 0 heterocycles. The van der Waals surface area contributed by atoms with Crippen LogP contribution in [0, 0.1) is 6.92 Å². The molecule has 104 valence electrons. The number of nitrogens with zero attached hydrogens (tertiary/aromatic N) is 1. The van der Waals surface area contributed by atoms with E-state index in [0.29, 0.717) is 17.2 Å². The lowest BCUT2D eigenvalue weighted by atomic mass is 10.1. The molecule has 0 aliphatic carbocycles. The standard InChI is InChI=1S/C15H15ClN2O2/c1-10-8-11(15(17)18-19)2-3-12(10)9-20-14-6-4-13(16)5-7-14/h2-8,19H,9H2,1H3,(H2,17,18). The van der Waals surface area contributed by atoms with E-state index in [0.717, 1.165) is 16.9 Å². The average molecular weight is 291 g/mol. The van der Waals surface area contributed by atoms with E-state index in [-0.39, 0.29) is 5.84 Å². The van der Waals surface area contributed by atoms with Crippen molar-refractivity contribution in [1.82, 2.24) is 0 Å². The monoisotopic (exact) mass is 290 g/mol. The highest BCUT2D eigenvalue weighted by Crippen LogP contribution is 2.18. The lowest BCUT2D eigenvalue weighted by Gasteiger charge is -2.10. The molecule has 0 aliphatic rings. The van der Waals surface area contributed by atoms with Gasteiger partial charge in [0, 0.05) is 10.6 Å². The number of benzene rings is 2. The molecule has 0 radical (unpaired) electrons. The van der Waals surface area contributed by atoms with E-state index in [4.69, 9.17) is 27.3 Å². The van der Waals surface area contributed by atoms with Crippen LogP contribution < -0.4 is 10.5 Å². The fourth-order valence-corrected chi connectivity index (χ4v) is 1.89. The highest BCUT2D eigenvalue weighted by Gasteiger charge is 2.04. The molecule has 0 aliphatic heterocycles. The van der Waals surface area contributed by atoms with E-state index < -0.39 is 0 Å². The van der Waals surface area contributed by atoms with E-state index >= 15 is 0 Å². The summed E-state index contributed by atoms with van der Waals surface area (Å²) in [6, 6.07) is 12.8. The van der Waals surface area contributed by atoms with Gasteiger partial charge in [-0.15, -0.1) is 0 Å². The van der Waals surface area contributed by atoms with Gasteiger partial charge in [0.15, 0.2) is 5.84 Å². The summed E-state index contributed by atoms with van der Waals surface area (Å²) in [4.78, 5) is 0. The van der Waals surface area contributed by atoms with E-state index in [9.17, 15) is 0 Å². The van der Waals surface area contributed by atoms with Gasteiger partial charge < -0.3 is 15.7 Å². The summed E-state index contributed by atoms with van der Waals surface area (Å²) in [7, 11) is 0. The summed E-state index contributed by atoms with van der Waals surface area (Å²) in [6.45, 7) is 2.40. The highest BCUT2D eigenvalue weighted by atomic mass is 35.5. The number of ether oxygens (including phenoxy) is 1. The Bertz CT molecular complexity index is 624. The fourth-order valence-electron chi connectivity index (χ4n) is 1.77. The van der Waals surface area contributed by atoms with Crippen LogP contribution in [-0.4, -0.2) is 11.0 Å². The number of rotatable bonds is 4. The third-order valence-electron chi connectivity index (χ3n) is 2.95. The van der Waals surface area contributed by atoms with Crippen molar-refractivity contribution in [3.63, 3.8) is 0 Å². The molecule has 4 nitrogen and oxygen atoms in total. The van der Waals surface area contributed by atoms with Gasteiger partial charge in [-0.25, -0.2) is 0 Å². The molecule has 2 rings (SSSR count). The van der Waals surface area contributed by atoms with Crippen LogP contribution in [0.4, 0.5) is 0 Å². The molecule has 20 heavy (non-hydrogen) atoms. The maximum Gasteiger partial charge on any atom is 0.170 e. The maximum absolute atomic E-state index is 8.65. The van der Waals surface area contributed by atoms with Gasteiger partial charge in [0.25, 0.3) is 0 Å². The topological polar surface area (TPSA) is 67.8 Å². The first kappa shape index (κ1) is 14.2. The predicted molar refractivity (Wildman–Crippen MR) is 79.5 cm³/mol. The van der Waals surface area contributed by atoms with Gasteiger partial charge in [-0.2, -0.15) is 0 Å². The van der Waals surface area contributed by atoms with Crippen molar-refractivity contribution in [2.75, 3.05) is 0 Å². The lowest BCUT2D eigenvalue weighted by molar-refractivity contribution is 0.305. The van der Waals surface area contributed by atoms with Crippen molar-refractivity contribution in [1.29, 1.82) is 0 Å². The lowest BCUT2D eigenvalue weighted by Crippen LogP contribution is -2.13. The van der Waals surface area contributed by atoms with Crippen molar-refractivity contribution in [3.8, 4) is 5.75 Å². The summed E-state index contributed by atoms with van der Waals surface area (Å²) < 4.78 is 5.69. The van der Waals surface area contributed by atoms with Gasteiger partial charge in [-0.1, -0.05) is 28.9 Å². The molecule has 0 atom stereocenters. The molecule has 0 saturated carbocycles. The molecule has 0 unspecified atom stereocenters. The van der Waals surface area contributed by atoms with Gasteiger partial charge in [0.1, 0.15) is 12.4 Å². The molecular weight excluding hydrogens is 276 g/mol. The minimum absolute atomic E-state index is 0.0956. The summed E-state index contributed by atoms with van der Waals surface area (Å²) in [5.74, 6) is 0.854. The van der Waals surface area contributed by atoms with Crippen molar-refractivity contribution < 1.29 is 9.94 Å². The quantitative estimate of drug-likeness (QED) is 0.393. The molecule has 0 spiro atoms. The van der Waals surface area contributed by atoms with Crippen molar-refractivity contribution >= 4 is 17.4 Å². The second-order valence-electron chi connectivity index (χ2n) is 4.37. The zero-order chi connectivity index (χ0) is 14.5. The summed E-state index contributed by atoms with van der Waals surface area (Å²) in [5, 5.41) is 12.3. The molecule has 0 saturated heterocycles. The number of hydrogen-bond donors (Lipinski definition) is 2. The largest absolute Gasteiger partial charge is 0.489 e. The minimum atomic E-state index is 0.0956. The smallest absolute Gasteiger partial charge is 0.170 e. The van der Waals surface area contributed by atoms with Crippen LogP contribution >= 0.6 is 11.6 Å². The van der Waals surface area contributed by atoms with Gasteiger partial charge in [-0.05, 0) is 48.4 Å². The Labute approximate surface area is 122 Å². The third kappa shape index (κ3) is 3.42. The van der Waals surface area contributed by atoms with Crippen LogP contribution in [0.5, 0.6) is 5.75 Å². The first-order chi connectivity index (χ1) is 9.60. The van der Waals surface area contributed by atoms with E-state index in [1.807, 2.05) is 31.2 Å². The molecule has 0 bridgehead atoms. The SMILES string of the molecule is Cc1cc(/C(N)=N/O)ccc1COc1ccc(Cl)cc1. The van der Waals surface area contributed by atoms with E-state index in [2.05, 4.69) is 5.16 Å². The number of amidine groups is 1. The molecule has 2 aromatic rings. The van der Waals surface area contributed by atoms with Gasteiger partial charge in [0.2, 0.25) is 0 Å². The second-order valence-corrected chi connectivity index (χ2v) is 4.81. The molecular formula is C15H15ClN2O2. The van der Waals surface area contributed by atoms with E-state index in [1.165, 1.54) is 0 Å². The molecule has 2 aromatic carbocycles. The molecule has 0 aromatic heterocycles. The van der Waals surface area contributed by atoms with Gasteiger partial charge >= 0.3 is 0 Å². The Balaban J connectivity index is 2.08. The molecule has 0 fully saturated rings. The average Bonchev–Trinajstić information content (AvgIpc) is 2.46. The summed E-state index contributed by atoms with van der Waals surface area (Å²) >= 11 is 5.82. The fraction of sp³-hybridized carbons (Fsp3) is 0.133.